The lowest BCUT2D eigenvalue weighted by molar-refractivity contribution is -0.148. The Bertz CT molecular complexity index is 1430. The molecule has 0 spiro atoms. The van der Waals surface area contributed by atoms with Crippen LogP contribution in [0.4, 0.5) is 0 Å². The Labute approximate surface area is 370 Å². The summed E-state index contributed by atoms with van der Waals surface area (Å²) in [5.74, 6) is -1.62. The Morgan fingerprint density at radius 3 is 1.38 bits per heavy atom. The Hall–Kier alpha value is -3.31. The molecule has 1 aliphatic heterocycles. The molecule has 1 heterocycles. The molecular weight excluding hydrogens is 765 g/mol. The Morgan fingerprint density at radius 2 is 0.918 bits per heavy atom. The normalized spacial score (nSPS) is 16.9. The van der Waals surface area contributed by atoms with Crippen molar-refractivity contribution in [3.8, 4) is 11.1 Å². The number of aliphatic carboxylic acids is 2. The monoisotopic (exact) mass is 849 g/mol. The summed E-state index contributed by atoms with van der Waals surface area (Å²) in [6.07, 6.45) is 21.4. The van der Waals surface area contributed by atoms with Gasteiger partial charge in [0, 0.05) is 58.9 Å². The van der Waals surface area contributed by atoms with E-state index in [1.54, 1.807) is 0 Å². The highest BCUT2D eigenvalue weighted by Crippen LogP contribution is 2.22. The fourth-order valence-electron chi connectivity index (χ4n) is 8.92. The molecule has 1 fully saturated rings. The fourth-order valence-corrected chi connectivity index (χ4v) is 8.92. The Kier molecular flexibility index (Phi) is 27.6. The van der Waals surface area contributed by atoms with Gasteiger partial charge in [-0.1, -0.05) is 185 Å². The van der Waals surface area contributed by atoms with Gasteiger partial charge in [-0.2, -0.15) is 0 Å². The number of ether oxygens (including phenoxy) is 1. The number of carbonyl (C=O) groups excluding carboxylic acids is 1. The van der Waals surface area contributed by atoms with E-state index in [0.717, 1.165) is 64.2 Å². The number of unbranched alkanes of at least 4 members (excludes halogenated alkanes) is 15. The molecule has 0 amide bonds. The molecule has 3 rings (SSSR count). The number of hydrogen-bond donors (Lipinski definition) is 2. The summed E-state index contributed by atoms with van der Waals surface area (Å²) in [5.41, 5.74) is 3.53. The standard InChI is InChI=1S/C51H84N4O6/c1-4-7-10-13-16-22-27-47(50(57)58)53-36-34-52(42-44-30-32-46(33-31-44)45-25-20-19-21-26-45)35-37-55(49(61-43-56)29-24-18-15-12-9-6-3)41-40-54(39-38-53)48(51(59)60)28-23-17-14-11-8-5-2/h19-21,25-26,30-33,43,47-49H,4-18,22-24,27-29,34-42H2,1-3H3,(H,57,58)(H,59,60). The number of carboxylic acids is 2. The third-order valence-electron chi connectivity index (χ3n) is 12.8. The van der Waals surface area contributed by atoms with Gasteiger partial charge in [0.25, 0.3) is 6.47 Å². The van der Waals surface area contributed by atoms with E-state index in [2.05, 4.69) is 88.9 Å². The van der Waals surface area contributed by atoms with Gasteiger partial charge >= 0.3 is 11.9 Å². The predicted molar refractivity (Wildman–Crippen MR) is 250 cm³/mol. The van der Waals surface area contributed by atoms with Gasteiger partial charge in [0.2, 0.25) is 0 Å². The van der Waals surface area contributed by atoms with E-state index in [0.29, 0.717) is 78.2 Å². The first-order valence-electron chi connectivity index (χ1n) is 24.4. The third-order valence-corrected chi connectivity index (χ3v) is 12.8. The lowest BCUT2D eigenvalue weighted by Gasteiger charge is -2.39. The average molecular weight is 849 g/mol. The summed E-state index contributed by atoms with van der Waals surface area (Å²) < 4.78 is 5.86. The zero-order valence-corrected chi connectivity index (χ0v) is 38.5. The van der Waals surface area contributed by atoms with Crippen LogP contribution in [0.15, 0.2) is 54.6 Å². The van der Waals surface area contributed by atoms with Crippen LogP contribution in [0.3, 0.4) is 0 Å². The highest BCUT2D eigenvalue weighted by molar-refractivity contribution is 5.74. The molecule has 10 heteroatoms. The van der Waals surface area contributed by atoms with E-state index in [1.165, 1.54) is 74.5 Å². The summed E-state index contributed by atoms with van der Waals surface area (Å²) >= 11 is 0. The highest BCUT2D eigenvalue weighted by Gasteiger charge is 2.31. The first kappa shape index (κ1) is 52.0. The van der Waals surface area contributed by atoms with Gasteiger partial charge < -0.3 is 14.9 Å². The largest absolute Gasteiger partial charge is 0.480 e. The lowest BCUT2D eigenvalue weighted by atomic mass is 10.0. The molecule has 10 nitrogen and oxygen atoms in total. The van der Waals surface area contributed by atoms with Crippen molar-refractivity contribution < 1.29 is 29.3 Å². The molecule has 2 aromatic carbocycles. The van der Waals surface area contributed by atoms with Gasteiger partial charge in [-0.25, -0.2) is 0 Å². The van der Waals surface area contributed by atoms with E-state index in [4.69, 9.17) is 4.74 Å². The Balaban J connectivity index is 1.93. The van der Waals surface area contributed by atoms with Crippen LogP contribution >= 0.6 is 0 Å². The van der Waals surface area contributed by atoms with Crippen LogP contribution < -0.4 is 0 Å². The SMILES string of the molecule is CCCCCCCCC(OC=O)N1CCN(Cc2ccc(-c3ccccc3)cc2)CCN(C(CCCCCCCC)C(=O)O)CCN(C(CCCCCCCC)C(=O)O)CC1. The molecule has 1 saturated heterocycles. The fraction of sp³-hybridized carbons (Fsp3) is 0.706. The van der Waals surface area contributed by atoms with Crippen LogP contribution in [0.25, 0.3) is 11.1 Å². The van der Waals surface area contributed by atoms with Gasteiger partial charge in [-0.3, -0.25) is 34.0 Å². The van der Waals surface area contributed by atoms with Crippen molar-refractivity contribution in [3.63, 3.8) is 0 Å². The third kappa shape index (κ3) is 21.1. The van der Waals surface area contributed by atoms with E-state index in [1.807, 2.05) is 6.07 Å². The van der Waals surface area contributed by atoms with Crippen LogP contribution in [-0.4, -0.2) is 119 Å². The summed E-state index contributed by atoms with van der Waals surface area (Å²) in [6.45, 7) is 12.4. The van der Waals surface area contributed by atoms with Gasteiger partial charge in [0.15, 0.2) is 6.23 Å². The lowest BCUT2D eigenvalue weighted by Crippen LogP contribution is -2.54. The van der Waals surface area contributed by atoms with Crippen molar-refractivity contribution in [1.82, 2.24) is 19.6 Å². The molecule has 3 unspecified atom stereocenters. The van der Waals surface area contributed by atoms with Gasteiger partial charge in [-0.05, 0) is 42.4 Å². The van der Waals surface area contributed by atoms with Crippen molar-refractivity contribution in [1.29, 1.82) is 0 Å². The highest BCUT2D eigenvalue weighted by atomic mass is 16.5. The van der Waals surface area contributed by atoms with E-state index < -0.39 is 30.3 Å². The minimum absolute atomic E-state index is 0.396. The van der Waals surface area contributed by atoms with Crippen molar-refractivity contribution in [2.24, 2.45) is 0 Å². The summed E-state index contributed by atoms with van der Waals surface area (Å²) in [7, 11) is 0. The van der Waals surface area contributed by atoms with Crippen molar-refractivity contribution >= 4 is 18.4 Å². The average Bonchev–Trinajstić information content (AvgIpc) is 3.26. The maximum Gasteiger partial charge on any atom is 0.320 e. The van der Waals surface area contributed by atoms with Gasteiger partial charge in [0.05, 0.1) is 0 Å². The van der Waals surface area contributed by atoms with E-state index >= 15 is 0 Å². The zero-order valence-electron chi connectivity index (χ0n) is 38.5. The number of carbonyl (C=O) groups is 3. The van der Waals surface area contributed by atoms with Crippen LogP contribution in [0.1, 0.15) is 161 Å². The summed E-state index contributed by atoms with van der Waals surface area (Å²) in [6, 6.07) is 17.8. The van der Waals surface area contributed by atoms with Gasteiger partial charge in [-0.15, -0.1) is 0 Å². The molecule has 2 aromatic rings. The molecule has 0 bridgehead atoms. The maximum absolute atomic E-state index is 13.1. The van der Waals surface area contributed by atoms with Crippen molar-refractivity contribution in [3.05, 3.63) is 60.2 Å². The minimum Gasteiger partial charge on any atom is -0.480 e. The molecule has 3 atom stereocenters. The molecule has 0 aliphatic carbocycles. The molecule has 1 aliphatic rings. The van der Waals surface area contributed by atoms with E-state index in [9.17, 15) is 24.6 Å². The number of nitrogens with zero attached hydrogens (tertiary/aromatic N) is 4. The van der Waals surface area contributed by atoms with Crippen LogP contribution in [-0.2, 0) is 25.7 Å². The second-order valence-electron chi connectivity index (χ2n) is 17.5. The topological polar surface area (TPSA) is 114 Å². The van der Waals surface area contributed by atoms with Crippen LogP contribution in [0.5, 0.6) is 0 Å². The zero-order chi connectivity index (χ0) is 43.9. The number of carboxylic acid groups (broad SMARTS) is 2. The maximum atomic E-state index is 13.1. The Morgan fingerprint density at radius 1 is 0.525 bits per heavy atom. The quantitative estimate of drug-likeness (QED) is 0.0561. The molecule has 61 heavy (non-hydrogen) atoms. The smallest absolute Gasteiger partial charge is 0.320 e. The number of benzene rings is 2. The van der Waals surface area contributed by atoms with Crippen LogP contribution in [0.2, 0.25) is 0 Å². The first-order valence-corrected chi connectivity index (χ1v) is 24.4. The second-order valence-corrected chi connectivity index (χ2v) is 17.5. The summed E-state index contributed by atoms with van der Waals surface area (Å²) in [5, 5.41) is 21.4. The first-order chi connectivity index (χ1) is 29.8. The van der Waals surface area contributed by atoms with Crippen LogP contribution in [0, 0.1) is 0 Å². The summed E-state index contributed by atoms with van der Waals surface area (Å²) in [4.78, 5) is 47.0. The molecule has 0 saturated carbocycles. The molecule has 344 valence electrons. The molecule has 2 N–H and O–H groups in total. The second kappa shape index (κ2) is 32.4. The molecule has 0 aromatic heterocycles. The number of rotatable bonds is 31. The molecular formula is C51H84N4O6. The predicted octanol–water partition coefficient (Wildman–Crippen LogP) is 10.7. The number of hydrogen-bond acceptors (Lipinski definition) is 8. The van der Waals surface area contributed by atoms with Crippen molar-refractivity contribution in [2.75, 3.05) is 52.4 Å². The van der Waals surface area contributed by atoms with Crippen molar-refractivity contribution in [2.45, 2.75) is 180 Å². The minimum atomic E-state index is -0.821. The molecule has 0 radical (unpaired) electrons. The van der Waals surface area contributed by atoms with E-state index in [-0.39, 0.29) is 0 Å². The van der Waals surface area contributed by atoms with Gasteiger partial charge in [0.1, 0.15) is 12.1 Å².